The topological polar surface area (TPSA) is 15.3 Å². The van der Waals surface area contributed by atoms with E-state index in [-0.39, 0.29) is 12.6 Å². The first-order chi connectivity index (χ1) is 7.75. The Labute approximate surface area is 98.3 Å². The third-order valence-corrected chi connectivity index (χ3v) is 3.52. The summed E-state index contributed by atoms with van der Waals surface area (Å²) in [5.74, 6) is 0. The van der Waals surface area contributed by atoms with Gasteiger partial charge in [-0.1, -0.05) is 0 Å². The first-order valence-corrected chi connectivity index (χ1v) is 6.48. The molecule has 1 saturated heterocycles. The van der Waals surface area contributed by atoms with Crippen LogP contribution in [0.4, 0.5) is 14.5 Å². The third-order valence-electron chi connectivity index (χ3n) is 2.85. The lowest BCUT2D eigenvalue weighted by Gasteiger charge is -2.34. The number of hydrogen-bond donors (Lipinski definition) is 1. The summed E-state index contributed by atoms with van der Waals surface area (Å²) < 4.78 is 24.2. The highest BCUT2D eigenvalue weighted by atomic mass is 32.1. The number of hydrogen-bond acceptors (Lipinski definition) is 3. The van der Waals surface area contributed by atoms with Crippen molar-refractivity contribution in [3.05, 3.63) is 16.8 Å². The molecule has 0 spiro atoms. The minimum Gasteiger partial charge on any atom is -0.369 e. The molecule has 0 saturated carbocycles. The third kappa shape index (κ3) is 3.15. The maximum absolute atomic E-state index is 12.1. The standard InChI is InChI=1S/C11H16F2N2S/c12-11(13)6-14-9-2-1-4-15(7-9)10-3-5-16-8-10/h3,5,8-9,11,14H,1-2,4,6-7H2. The largest absolute Gasteiger partial charge is 0.369 e. The van der Waals surface area contributed by atoms with E-state index >= 15 is 0 Å². The molecule has 5 heteroatoms. The number of alkyl halides is 2. The molecular weight excluding hydrogens is 230 g/mol. The normalized spacial score (nSPS) is 21.7. The van der Waals surface area contributed by atoms with E-state index in [2.05, 4.69) is 21.7 Å². The van der Waals surface area contributed by atoms with E-state index in [4.69, 9.17) is 0 Å². The van der Waals surface area contributed by atoms with Crippen molar-refractivity contribution in [1.29, 1.82) is 0 Å². The summed E-state index contributed by atoms with van der Waals surface area (Å²) in [4.78, 5) is 2.27. The Bertz CT molecular complexity index is 303. The molecule has 1 unspecified atom stereocenters. The highest BCUT2D eigenvalue weighted by Gasteiger charge is 2.20. The zero-order valence-corrected chi connectivity index (χ0v) is 9.85. The van der Waals surface area contributed by atoms with E-state index in [1.807, 2.05) is 5.38 Å². The molecule has 2 rings (SSSR count). The minimum atomic E-state index is -2.25. The van der Waals surface area contributed by atoms with E-state index in [1.165, 1.54) is 5.69 Å². The minimum absolute atomic E-state index is 0.192. The molecule has 1 aliphatic rings. The van der Waals surface area contributed by atoms with E-state index in [0.717, 1.165) is 25.9 Å². The van der Waals surface area contributed by atoms with Crippen molar-refractivity contribution in [1.82, 2.24) is 5.32 Å². The average Bonchev–Trinajstić information content (AvgIpc) is 2.80. The van der Waals surface area contributed by atoms with Crippen molar-refractivity contribution in [2.75, 3.05) is 24.5 Å². The van der Waals surface area contributed by atoms with Crippen molar-refractivity contribution >= 4 is 17.0 Å². The molecule has 1 aromatic heterocycles. The second-order valence-electron chi connectivity index (χ2n) is 4.07. The molecule has 0 aliphatic carbocycles. The van der Waals surface area contributed by atoms with Gasteiger partial charge in [0.25, 0.3) is 6.43 Å². The molecule has 1 aliphatic heterocycles. The summed E-state index contributed by atoms with van der Waals surface area (Å²) in [7, 11) is 0. The SMILES string of the molecule is FC(F)CNC1CCCN(c2ccsc2)C1. The van der Waals surface area contributed by atoms with Crippen LogP contribution in [0.5, 0.6) is 0 Å². The molecule has 1 atom stereocenters. The van der Waals surface area contributed by atoms with Gasteiger partial charge in [-0.3, -0.25) is 0 Å². The molecular formula is C11H16F2N2S. The zero-order valence-electron chi connectivity index (χ0n) is 9.03. The van der Waals surface area contributed by atoms with Gasteiger partial charge in [-0.2, -0.15) is 11.3 Å². The number of nitrogens with one attached hydrogen (secondary N) is 1. The first kappa shape index (κ1) is 11.8. The van der Waals surface area contributed by atoms with Crippen molar-refractivity contribution in [2.24, 2.45) is 0 Å². The van der Waals surface area contributed by atoms with Crippen LogP contribution >= 0.6 is 11.3 Å². The number of thiophene rings is 1. The number of piperidine rings is 1. The predicted molar refractivity (Wildman–Crippen MR) is 63.6 cm³/mol. The summed E-state index contributed by atoms with van der Waals surface area (Å²) in [5, 5.41) is 7.08. The van der Waals surface area contributed by atoms with Gasteiger partial charge in [-0.05, 0) is 24.3 Å². The lowest BCUT2D eigenvalue weighted by molar-refractivity contribution is 0.140. The smallest absolute Gasteiger partial charge is 0.250 e. The van der Waals surface area contributed by atoms with Crippen molar-refractivity contribution in [2.45, 2.75) is 25.3 Å². The Morgan fingerprint density at radius 1 is 1.56 bits per heavy atom. The molecule has 0 amide bonds. The first-order valence-electron chi connectivity index (χ1n) is 5.54. The number of anilines is 1. The summed E-state index contributed by atoms with van der Waals surface area (Å²) in [6.07, 6.45) is -0.194. The molecule has 1 N–H and O–H groups in total. The van der Waals surface area contributed by atoms with Gasteiger partial charge in [0.1, 0.15) is 0 Å². The molecule has 2 heterocycles. The molecule has 16 heavy (non-hydrogen) atoms. The maximum atomic E-state index is 12.1. The quantitative estimate of drug-likeness (QED) is 0.878. The lowest BCUT2D eigenvalue weighted by Crippen LogP contribution is -2.46. The molecule has 2 nitrogen and oxygen atoms in total. The zero-order chi connectivity index (χ0) is 11.4. The molecule has 1 fully saturated rings. The van der Waals surface area contributed by atoms with Crippen LogP contribution in [0.3, 0.4) is 0 Å². The van der Waals surface area contributed by atoms with Gasteiger partial charge in [0.05, 0.1) is 6.54 Å². The monoisotopic (exact) mass is 246 g/mol. The Kier molecular flexibility index (Phi) is 4.12. The van der Waals surface area contributed by atoms with Crippen LogP contribution in [0.2, 0.25) is 0 Å². The van der Waals surface area contributed by atoms with Gasteiger partial charge in [0.15, 0.2) is 0 Å². The predicted octanol–water partition coefficient (Wildman–Crippen LogP) is 2.57. The molecule has 90 valence electrons. The summed E-state index contributed by atoms with van der Waals surface area (Å²) in [6, 6.07) is 2.28. The fraction of sp³-hybridized carbons (Fsp3) is 0.636. The van der Waals surface area contributed by atoms with Crippen LogP contribution in [-0.4, -0.2) is 32.1 Å². The van der Waals surface area contributed by atoms with E-state index < -0.39 is 6.43 Å². The Balaban J connectivity index is 1.84. The van der Waals surface area contributed by atoms with Crippen LogP contribution in [0, 0.1) is 0 Å². The van der Waals surface area contributed by atoms with Crippen LogP contribution in [0.1, 0.15) is 12.8 Å². The lowest BCUT2D eigenvalue weighted by atomic mass is 10.1. The van der Waals surface area contributed by atoms with Gasteiger partial charge in [0, 0.05) is 30.2 Å². The summed E-state index contributed by atoms with van der Waals surface area (Å²) in [6.45, 7) is 1.68. The highest BCUT2D eigenvalue weighted by Crippen LogP contribution is 2.22. The average molecular weight is 246 g/mol. The number of halogens is 2. The van der Waals surface area contributed by atoms with Gasteiger partial charge in [-0.25, -0.2) is 8.78 Å². The van der Waals surface area contributed by atoms with Gasteiger partial charge >= 0.3 is 0 Å². The van der Waals surface area contributed by atoms with Gasteiger partial charge in [0.2, 0.25) is 0 Å². The van der Waals surface area contributed by atoms with Gasteiger partial charge < -0.3 is 10.2 Å². The Morgan fingerprint density at radius 2 is 2.44 bits per heavy atom. The van der Waals surface area contributed by atoms with E-state index in [9.17, 15) is 8.78 Å². The van der Waals surface area contributed by atoms with Crippen molar-refractivity contribution in [3.8, 4) is 0 Å². The summed E-state index contributed by atoms with van der Waals surface area (Å²) >= 11 is 1.67. The Morgan fingerprint density at radius 3 is 3.12 bits per heavy atom. The molecule has 0 bridgehead atoms. The van der Waals surface area contributed by atoms with Crippen LogP contribution in [0.15, 0.2) is 16.8 Å². The number of nitrogens with zero attached hydrogens (tertiary/aromatic N) is 1. The number of rotatable bonds is 4. The molecule has 0 aromatic carbocycles. The fourth-order valence-corrected chi connectivity index (χ4v) is 2.73. The highest BCUT2D eigenvalue weighted by molar-refractivity contribution is 7.08. The molecule has 0 radical (unpaired) electrons. The Hall–Kier alpha value is -0.680. The van der Waals surface area contributed by atoms with Crippen LogP contribution in [-0.2, 0) is 0 Å². The van der Waals surface area contributed by atoms with Gasteiger partial charge in [-0.15, -0.1) is 0 Å². The van der Waals surface area contributed by atoms with E-state index in [0.29, 0.717) is 0 Å². The molecule has 1 aromatic rings. The maximum Gasteiger partial charge on any atom is 0.250 e. The van der Waals surface area contributed by atoms with Crippen molar-refractivity contribution in [3.63, 3.8) is 0 Å². The van der Waals surface area contributed by atoms with Crippen LogP contribution in [0.25, 0.3) is 0 Å². The van der Waals surface area contributed by atoms with Crippen LogP contribution < -0.4 is 10.2 Å². The fourth-order valence-electron chi connectivity index (χ4n) is 2.07. The summed E-state index contributed by atoms with van der Waals surface area (Å²) in [5.41, 5.74) is 1.22. The van der Waals surface area contributed by atoms with Crippen molar-refractivity contribution < 1.29 is 8.78 Å². The second kappa shape index (κ2) is 5.59. The van der Waals surface area contributed by atoms with E-state index in [1.54, 1.807) is 11.3 Å². The second-order valence-corrected chi connectivity index (χ2v) is 4.85.